The van der Waals surface area contributed by atoms with Crippen LogP contribution in [0.15, 0.2) is 48.5 Å². The first-order valence-electron chi connectivity index (χ1n) is 8.86. The number of methoxy groups -OCH3 is 1. The van der Waals surface area contributed by atoms with Crippen LogP contribution in [0.25, 0.3) is 0 Å². The van der Waals surface area contributed by atoms with Crippen molar-refractivity contribution in [2.24, 2.45) is 0 Å². The number of benzene rings is 2. The zero-order chi connectivity index (χ0) is 17.9. The number of hydrogen-bond donors (Lipinski definition) is 1. The van der Waals surface area contributed by atoms with E-state index in [1.807, 2.05) is 55.5 Å². The van der Waals surface area contributed by atoms with Crippen molar-refractivity contribution in [1.29, 1.82) is 0 Å². The third kappa shape index (κ3) is 3.59. The van der Waals surface area contributed by atoms with Gasteiger partial charge in [-0.1, -0.05) is 29.5 Å². The molecule has 0 aliphatic heterocycles. The molecule has 0 fully saturated rings. The molecule has 0 bridgehead atoms. The van der Waals surface area contributed by atoms with Gasteiger partial charge in [0.1, 0.15) is 11.5 Å². The summed E-state index contributed by atoms with van der Waals surface area (Å²) in [5.74, 6) is 1.70. The lowest BCUT2D eigenvalue weighted by Gasteiger charge is -2.18. The summed E-state index contributed by atoms with van der Waals surface area (Å²) in [7, 11) is 1.78. The topological polar surface area (TPSA) is 43.4 Å². The predicted molar refractivity (Wildman–Crippen MR) is 106 cm³/mol. The first-order chi connectivity index (χ1) is 12.7. The minimum Gasteiger partial charge on any atom is -0.457 e. The molecule has 3 aromatic rings. The van der Waals surface area contributed by atoms with E-state index in [-0.39, 0.29) is 6.10 Å². The largest absolute Gasteiger partial charge is 0.457 e. The van der Waals surface area contributed by atoms with Crippen LogP contribution in [0.2, 0.25) is 0 Å². The Morgan fingerprint density at radius 2 is 1.92 bits per heavy atom. The Kier molecular flexibility index (Phi) is 4.91. The number of aromatic nitrogens is 1. The van der Waals surface area contributed by atoms with E-state index in [1.54, 1.807) is 18.4 Å². The van der Waals surface area contributed by atoms with Gasteiger partial charge in [0.2, 0.25) is 0 Å². The van der Waals surface area contributed by atoms with Gasteiger partial charge in [-0.3, -0.25) is 0 Å². The molecule has 1 unspecified atom stereocenters. The third-order valence-corrected chi connectivity index (χ3v) is 5.72. The number of nitrogens with zero attached hydrogens (tertiary/aromatic N) is 1. The smallest absolute Gasteiger partial charge is 0.187 e. The van der Waals surface area contributed by atoms with Crippen molar-refractivity contribution in [2.45, 2.75) is 32.3 Å². The Bertz CT molecular complexity index is 889. The summed E-state index contributed by atoms with van der Waals surface area (Å²) in [6.45, 7) is 2.04. The summed E-state index contributed by atoms with van der Waals surface area (Å²) in [6.07, 6.45) is 3.45. The van der Waals surface area contributed by atoms with E-state index in [0.717, 1.165) is 47.1 Å². The van der Waals surface area contributed by atoms with Crippen LogP contribution in [0.1, 0.15) is 35.1 Å². The van der Waals surface area contributed by atoms with Crippen molar-refractivity contribution in [1.82, 2.24) is 4.98 Å². The van der Waals surface area contributed by atoms with Crippen LogP contribution in [-0.2, 0) is 11.2 Å². The van der Waals surface area contributed by atoms with Gasteiger partial charge < -0.3 is 14.8 Å². The van der Waals surface area contributed by atoms with E-state index in [0.29, 0.717) is 0 Å². The molecular formula is C21H22N2O2S. The highest BCUT2D eigenvalue weighted by molar-refractivity contribution is 7.15. The first kappa shape index (κ1) is 17.1. The Labute approximate surface area is 157 Å². The van der Waals surface area contributed by atoms with Crippen molar-refractivity contribution >= 4 is 22.2 Å². The SMILES string of the molecule is COC1CCCc2nc(Nc3ccc(Oc4ccccc4C)cc3)sc21. The molecule has 5 heteroatoms. The Morgan fingerprint density at radius 3 is 2.69 bits per heavy atom. The number of ether oxygens (including phenoxy) is 2. The Balaban J connectivity index is 1.46. The van der Waals surface area contributed by atoms with Gasteiger partial charge in [0.05, 0.1) is 16.7 Å². The Hall–Kier alpha value is -2.37. The highest BCUT2D eigenvalue weighted by Crippen LogP contribution is 2.38. The number of thiazole rings is 1. The predicted octanol–water partition coefficient (Wildman–Crippen LogP) is 6.01. The second-order valence-electron chi connectivity index (χ2n) is 6.46. The fourth-order valence-corrected chi connectivity index (χ4v) is 4.33. The van der Waals surface area contributed by atoms with E-state index in [1.165, 1.54) is 10.6 Å². The lowest BCUT2D eigenvalue weighted by molar-refractivity contribution is 0.0908. The van der Waals surface area contributed by atoms with E-state index < -0.39 is 0 Å². The maximum Gasteiger partial charge on any atom is 0.187 e. The molecule has 4 nitrogen and oxygen atoms in total. The summed E-state index contributed by atoms with van der Waals surface area (Å²) >= 11 is 1.69. The monoisotopic (exact) mass is 366 g/mol. The van der Waals surface area contributed by atoms with Crippen molar-refractivity contribution < 1.29 is 9.47 Å². The fourth-order valence-electron chi connectivity index (χ4n) is 3.19. The molecule has 0 radical (unpaired) electrons. The molecule has 26 heavy (non-hydrogen) atoms. The molecular weight excluding hydrogens is 344 g/mol. The van der Waals surface area contributed by atoms with Crippen LogP contribution >= 0.6 is 11.3 Å². The molecule has 134 valence electrons. The lowest BCUT2D eigenvalue weighted by Crippen LogP contribution is -2.08. The molecule has 1 aliphatic carbocycles. The van der Waals surface area contributed by atoms with Gasteiger partial charge in [0, 0.05) is 12.8 Å². The van der Waals surface area contributed by atoms with E-state index in [4.69, 9.17) is 14.5 Å². The number of nitrogens with one attached hydrogen (secondary N) is 1. The maximum atomic E-state index is 5.95. The second kappa shape index (κ2) is 7.48. The van der Waals surface area contributed by atoms with Crippen LogP contribution in [0, 0.1) is 6.92 Å². The molecule has 0 saturated heterocycles. The second-order valence-corrected chi connectivity index (χ2v) is 7.49. The van der Waals surface area contributed by atoms with E-state index >= 15 is 0 Å². The highest BCUT2D eigenvalue weighted by atomic mass is 32.1. The summed E-state index contributed by atoms with van der Waals surface area (Å²) < 4.78 is 11.5. The molecule has 1 aromatic heterocycles. The van der Waals surface area contributed by atoms with Gasteiger partial charge in [-0.2, -0.15) is 0 Å². The van der Waals surface area contributed by atoms with Gasteiger partial charge in [0.25, 0.3) is 0 Å². The molecule has 0 spiro atoms. The zero-order valence-electron chi connectivity index (χ0n) is 15.0. The van der Waals surface area contributed by atoms with Crippen LogP contribution in [0.3, 0.4) is 0 Å². The van der Waals surface area contributed by atoms with Crippen LogP contribution < -0.4 is 10.1 Å². The van der Waals surface area contributed by atoms with Gasteiger partial charge in [-0.15, -0.1) is 0 Å². The minimum absolute atomic E-state index is 0.191. The number of fused-ring (bicyclic) bond motifs is 1. The normalized spacial score (nSPS) is 16.2. The molecule has 2 aromatic carbocycles. The molecule has 4 rings (SSSR count). The number of para-hydroxylation sites is 1. The van der Waals surface area contributed by atoms with Gasteiger partial charge in [0.15, 0.2) is 5.13 Å². The molecule has 1 N–H and O–H groups in total. The molecule has 0 saturated carbocycles. The van der Waals surface area contributed by atoms with Crippen LogP contribution in [0.4, 0.5) is 10.8 Å². The van der Waals surface area contributed by atoms with Crippen molar-refractivity contribution in [3.05, 3.63) is 64.7 Å². The molecule has 1 heterocycles. The van der Waals surface area contributed by atoms with Gasteiger partial charge >= 0.3 is 0 Å². The average molecular weight is 366 g/mol. The van der Waals surface area contributed by atoms with Gasteiger partial charge in [-0.05, 0) is 62.1 Å². The summed E-state index contributed by atoms with van der Waals surface area (Å²) in [5.41, 5.74) is 3.30. The van der Waals surface area contributed by atoms with Crippen molar-refractivity contribution in [3.8, 4) is 11.5 Å². The minimum atomic E-state index is 0.191. The zero-order valence-corrected chi connectivity index (χ0v) is 15.8. The number of aryl methyl sites for hydroxylation is 2. The van der Waals surface area contributed by atoms with E-state index in [9.17, 15) is 0 Å². The number of rotatable bonds is 5. The quantitative estimate of drug-likeness (QED) is 0.600. The van der Waals surface area contributed by atoms with Crippen molar-refractivity contribution in [3.63, 3.8) is 0 Å². The van der Waals surface area contributed by atoms with Crippen LogP contribution in [-0.4, -0.2) is 12.1 Å². The van der Waals surface area contributed by atoms with E-state index in [2.05, 4.69) is 5.32 Å². The Morgan fingerprint density at radius 1 is 1.12 bits per heavy atom. The van der Waals surface area contributed by atoms with Gasteiger partial charge in [-0.25, -0.2) is 4.98 Å². The fraction of sp³-hybridized carbons (Fsp3) is 0.286. The lowest BCUT2D eigenvalue weighted by atomic mass is 10.0. The number of anilines is 2. The molecule has 1 atom stereocenters. The molecule has 0 amide bonds. The third-order valence-electron chi connectivity index (χ3n) is 4.61. The highest BCUT2D eigenvalue weighted by Gasteiger charge is 2.24. The summed E-state index contributed by atoms with van der Waals surface area (Å²) in [6, 6.07) is 16.0. The first-order valence-corrected chi connectivity index (χ1v) is 9.67. The van der Waals surface area contributed by atoms with Crippen LogP contribution in [0.5, 0.6) is 11.5 Å². The molecule has 1 aliphatic rings. The summed E-state index contributed by atoms with van der Waals surface area (Å²) in [5, 5.41) is 4.33. The van der Waals surface area contributed by atoms with Crippen molar-refractivity contribution in [2.75, 3.05) is 12.4 Å². The summed E-state index contributed by atoms with van der Waals surface area (Å²) in [4.78, 5) is 6.01. The average Bonchev–Trinajstić information content (AvgIpc) is 3.07. The standard InChI is InChI=1S/C21H22N2O2S/c1-14-6-3-4-8-18(14)25-16-12-10-15(11-13-16)22-21-23-17-7-5-9-19(24-2)20(17)26-21/h3-4,6,8,10-13,19H,5,7,9H2,1-2H3,(H,22,23). The number of hydrogen-bond acceptors (Lipinski definition) is 5. The maximum absolute atomic E-state index is 5.95.